The van der Waals surface area contributed by atoms with Gasteiger partial charge in [-0.3, -0.25) is 0 Å². The number of benzene rings is 1. The van der Waals surface area contributed by atoms with Crippen LogP contribution in [0.25, 0.3) is 22.1 Å². The summed E-state index contributed by atoms with van der Waals surface area (Å²) in [5.41, 5.74) is -0.143. The van der Waals surface area contributed by atoms with Crippen molar-refractivity contribution >= 4 is 28.9 Å². The van der Waals surface area contributed by atoms with Crippen LogP contribution in [0, 0.1) is 5.82 Å². The van der Waals surface area contributed by atoms with Gasteiger partial charge in [-0.05, 0) is 23.6 Å². The van der Waals surface area contributed by atoms with Crippen LogP contribution in [0.1, 0.15) is 10.5 Å². The number of rotatable bonds is 3. The van der Waals surface area contributed by atoms with Crippen LogP contribution < -0.4 is 0 Å². The molecule has 0 radical (unpaired) electrons. The van der Waals surface area contributed by atoms with Crippen molar-refractivity contribution in [2.24, 2.45) is 0 Å². The predicted octanol–water partition coefficient (Wildman–Crippen LogP) is 4.56. The summed E-state index contributed by atoms with van der Waals surface area (Å²) in [6.07, 6.45) is 0. The van der Waals surface area contributed by atoms with Crippen LogP contribution in [0.15, 0.2) is 40.1 Å². The lowest BCUT2D eigenvalue weighted by molar-refractivity contribution is 0.0691. The minimum atomic E-state index is -1.27. The number of carboxylic acid groups (broad SMARTS) is 1. The lowest BCUT2D eigenvalue weighted by Gasteiger charge is -2.02. The molecule has 3 rings (SSSR count). The summed E-state index contributed by atoms with van der Waals surface area (Å²) in [6, 6.07) is 7.63. The number of aromatic carboxylic acids is 1. The van der Waals surface area contributed by atoms with E-state index in [2.05, 4.69) is 4.98 Å². The van der Waals surface area contributed by atoms with Crippen LogP contribution in [-0.2, 0) is 0 Å². The zero-order valence-electron chi connectivity index (χ0n) is 10.3. The van der Waals surface area contributed by atoms with E-state index >= 15 is 0 Å². The van der Waals surface area contributed by atoms with Crippen molar-refractivity contribution in [2.45, 2.75) is 0 Å². The molecule has 0 saturated heterocycles. The number of hydrogen-bond donors (Lipinski definition) is 1. The lowest BCUT2D eigenvalue weighted by Crippen LogP contribution is -1.99. The first-order valence-electron chi connectivity index (χ1n) is 5.80. The molecule has 0 fully saturated rings. The second kappa shape index (κ2) is 5.31. The Bertz CT molecular complexity index is 814. The first-order valence-corrected chi connectivity index (χ1v) is 7.06. The van der Waals surface area contributed by atoms with E-state index in [1.54, 1.807) is 12.1 Å². The van der Waals surface area contributed by atoms with Crippen molar-refractivity contribution in [1.29, 1.82) is 0 Å². The molecule has 0 saturated carbocycles. The zero-order chi connectivity index (χ0) is 15.0. The molecule has 1 aromatic carbocycles. The highest BCUT2D eigenvalue weighted by Crippen LogP contribution is 2.36. The van der Waals surface area contributed by atoms with Crippen molar-refractivity contribution in [1.82, 2.24) is 4.98 Å². The number of carbonyl (C=O) groups is 1. The Morgan fingerprint density at radius 1 is 1.33 bits per heavy atom. The summed E-state index contributed by atoms with van der Waals surface area (Å²) >= 11 is 7.24. The molecule has 1 N–H and O–H groups in total. The Labute approximate surface area is 127 Å². The third kappa shape index (κ3) is 2.43. The minimum Gasteiger partial charge on any atom is -0.476 e. The Hall–Kier alpha value is -2.18. The maximum absolute atomic E-state index is 13.5. The van der Waals surface area contributed by atoms with Crippen LogP contribution in [0.2, 0.25) is 5.02 Å². The maximum atomic E-state index is 13.5. The monoisotopic (exact) mass is 323 g/mol. The molecule has 106 valence electrons. The molecule has 7 heteroatoms. The van der Waals surface area contributed by atoms with Crippen LogP contribution in [0.5, 0.6) is 0 Å². The number of nitrogens with zero attached hydrogens (tertiary/aromatic N) is 1. The summed E-state index contributed by atoms with van der Waals surface area (Å²) in [5, 5.41) is 10.9. The van der Waals surface area contributed by atoms with Crippen LogP contribution in [0.3, 0.4) is 0 Å². The summed E-state index contributed by atoms with van der Waals surface area (Å²) in [6.45, 7) is 0. The number of halogens is 2. The topological polar surface area (TPSA) is 63.3 Å². The molecule has 21 heavy (non-hydrogen) atoms. The standard InChI is InChI=1S/C14H7ClFNO3S/c15-10-7(3-1-4-8(10)16)12-11(14(18)19)17-13(20-12)9-5-2-6-21-9/h1-6H,(H,18,19). The quantitative estimate of drug-likeness (QED) is 0.767. The van der Waals surface area contributed by atoms with Gasteiger partial charge in [-0.1, -0.05) is 23.7 Å². The average molecular weight is 324 g/mol. The number of oxazole rings is 1. The van der Waals surface area contributed by atoms with E-state index in [4.69, 9.17) is 16.0 Å². The van der Waals surface area contributed by atoms with Gasteiger partial charge in [-0.2, -0.15) is 0 Å². The van der Waals surface area contributed by atoms with Gasteiger partial charge in [0.15, 0.2) is 11.5 Å². The molecule has 0 aliphatic heterocycles. The molecule has 2 aromatic heterocycles. The molecule has 0 aliphatic carbocycles. The lowest BCUT2D eigenvalue weighted by atomic mass is 10.1. The molecule has 2 heterocycles. The fourth-order valence-corrected chi connectivity index (χ4v) is 2.69. The van der Waals surface area contributed by atoms with Gasteiger partial charge < -0.3 is 9.52 Å². The molecular weight excluding hydrogens is 317 g/mol. The maximum Gasteiger partial charge on any atom is 0.358 e. The second-order valence-corrected chi connectivity index (χ2v) is 5.41. The van der Waals surface area contributed by atoms with E-state index in [9.17, 15) is 14.3 Å². The number of carboxylic acids is 1. The van der Waals surface area contributed by atoms with Gasteiger partial charge in [-0.15, -0.1) is 11.3 Å². The fraction of sp³-hybridized carbons (Fsp3) is 0. The third-order valence-electron chi connectivity index (χ3n) is 2.76. The van der Waals surface area contributed by atoms with Crippen LogP contribution >= 0.6 is 22.9 Å². The summed E-state index contributed by atoms with van der Waals surface area (Å²) in [7, 11) is 0. The van der Waals surface area contributed by atoms with Crippen molar-refractivity contribution in [3.8, 4) is 22.1 Å². The Balaban J connectivity index is 2.22. The smallest absolute Gasteiger partial charge is 0.358 e. The molecule has 0 spiro atoms. The zero-order valence-corrected chi connectivity index (χ0v) is 11.9. The highest BCUT2D eigenvalue weighted by molar-refractivity contribution is 7.13. The van der Waals surface area contributed by atoms with Gasteiger partial charge in [0.2, 0.25) is 5.89 Å². The Morgan fingerprint density at radius 3 is 2.81 bits per heavy atom. The van der Waals surface area contributed by atoms with Gasteiger partial charge in [0.25, 0.3) is 0 Å². The minimum absolute atomic E-state index is 0.0598. The van der Waals surface area contributed by atoms with Crippen molar-refractivity contribution in [3.05, 3.63) is 52.2 Å². The number of thiophene rings is 1. The van der Waals surface area contributed by atoms with E-state index < -0.39 is 11.8 Å². The first kappa shape index (κ1) is 13.8. The van der Waals surface area contributed by atoms with E-state index in [-0.39, 0.29) is 27.9 Å². The average Bonchev–Trinajstić information content (AvgIpc) is 3.09. The van der Waals surface area contributed by atoms with Crippen molar-refractivity contribution in [2.75, 3.05) is 0 Å². The number of aromatic nitrogens is 1. The molecule has 0 atom stereocenters. The fourth-order valence-electron chi connectivity index (χ4n) is 1.83. The van der Waals surface area contributed by atoms with E-state index in [0.29, 0.717) is 4.88 Å². The van der Waals surface area contributed by atoms with Crippen molar-refractivity contribution < 1.29 is 18.7 Å². The summed E-state index contributed by atoms with van der Waals surface area (Å²) in [5.74, 6) is -1.82. The van der Waals surface area contributed by atoms with Gasteiger partial charge in [0.1, 0.15) is 5.82 Å². The molecule has 4 nitrogen and oxygen atoms in total. The molecule has 0 amide bonds. The second-order valence-electron chi connectivity index (χ2n) is 4.08. The van der Waals surface area contributed by atoms with Gasteiger partial charge in [0.05, 0.1) is 9.90 Å². The molecule has 3 aromatic rings. The van der Waals surface area contributed by atoms with Gasteiger partial charge >= 0.3 is 5.97 Å². The highest BCUT2D eigenvalue weighted by atomic mass is 35.5. The van der Waals surface area contributed by atoms with E-state index in [1.807, 2.05) is 5.38 Å². The molecular formula is C14H7ClFNO3S. The third-order valence-corrected chi connectivity index (χ3v) is 4.00. The highest BCUT2D eigenvalue weighted by Gasteiger charge is 2.24. The van der Waals surface area contributed by atoms with Crippen LogP contribution in [-0.4, -0.2) is 16.1 Å². The van der Waals surface area contributed by atoms with Gasteiger partial charge in [0, 0.05) is 5.56 Å². The van der Waals surface area contributed by atoms with Crippen LogP contribution in [0.4, 0.5) is 4.39 Å². The Kier molecular flexibility index (Phi) is 3.48. The summed E-state index contributed by atoms with van der Waals surface area (Å²) < 4.78 is 19.0. The SMILES string of the molecule is O=C(O)c1nc(-c2cccs2)oc1-c1cccc(F)c1Cl. The molecule has 0 bridgehead atoms. The predicted molar refractivity (Wildman–Crippen MR) is 77.2 cm³/mol. The van der Waals surface area contributed by atoms with Gasteiger partial charge in [-0.25, -0.2) is 14.2 Å². The first-order chi connectivity index (χ1) is 10.1. The molecule has 0 unspecified atom stereocenters. The normalized spacial score (nSPS) is 10.8. The number of hydrogen-bond acceptors (Lipinski definition) is 4. The van der Waals surface area contributed by atoms with E-state index in [0.717, 1.165) is 0 Å². The largest absolute Gasteiger partial charge is 0.476 e. The van der Waals surface area contributed by atoms with E-state index in [1.165, 1.54) is 29.5 Å². The van der Waals surface area contributed by atoms with Crippen molar-refractivity contribution in [3.63, 3.8) is 0 Å². The summed E-state index contributed by atoms with van der Waals surface area (Å²) in [4.78, 5) is 16.0. The molecule has 0 aliphatic rings. The Morgan fingerprint density at radius 2 is 2.14 bits per heavy atom.